The van der Waals surface area contributed by atoms with E-state index >= 15 is 0 Å². The van der Waals surface area contributed by atoms with E-state index in [9.17, 15) is 24.0 Å². The number of carbonyl (C=O) groups excluding carboxylic acids is 4. The van der Waals surface area contributed by atoms with Gasteiger partial charge in [0.2, 0.25) is 11.3 Å². The number of ether oxygens (including phenoxy) is 4. The summed E-state index contributed by atoms with van der Waals surface area (Å²) < 4.78 is 23.0. The molecular weight excluding hydrogens is 496 g/mol. The van der Waals surface area contributed by atoms with Gasteiger partial charge in [0.1, 0.15) is 23.7 Å². The molecule has 0 saturated carbocycles. The van der Waals surface area contributed by atoms with Crippen molar-refractivity contribution in [3.05, 3.63) is 22.0 Å². The van der Waals surface area contributed by atoms with E-state index in [-0.39, 0.29) is 47.2 Å². The van der Waals surface area contributed by atoms with Crippen LogP contribution in [-0.2, 0) is 33.3 Å². The summed E-state index contributed by atoms with van der Waals surface area (Å²) in [5.41, 5.74) is -1.08. The molecule has 1 saturated heterocycles. The summed E-state index contributed by atoms with van der Waals surface area (Å²) in [4.78, 5) is 69.7. The maximum atomic E-state index is 13.4. The number of hydrogen-bond acceptors (Lipinski definition) is 12. The minimum atomic E-state index is -1.06. The molecule has 0 aromatic carbocycles. The summed E-state index contributed by atoms with van der Waals surface area (Å²) >= 11 is 1.16. The highest BCUT2D eigenvalue weighted by molar-refractivity contribution is 7.98. The number of hydrogen-bond donors (Lipinski definition) is 1. The van der Waals surface area contributed by atoms with Crippen molar-refractivity contribution in [1.29, 1.82) is 0 Å². The van der Waals surface area contributed by atoms with Crippen molar-refractivity contribution >= 4 is 52.4 Å². The summed E-state index contributed by atoms with van der Waals surface area (Å²) in [6.45, 7) is 5.22. The highest BCUT2D eigenvalue weighted by Crippen LogP contribution is 2.34. The van der Waals surface area contributed by atoms with Crippen molar-refractivity contribution in [1.82, 2.24) is 14.5 Å². The molecule has 2 aromatic rings. The van der Waals surface area contributed by atoms with Gasteiger partial charge in [-0.2, -0.15) is 0 Å². The van der Waals surface area contributed by atoms with E-state index in [1.807, 2.05) is 0 Å². The lowest BCUT2D eigenvalue weighted by Crippen LogP contribution is -2.30. The van der Waals surface area contributed by atoms with Crippen LogP contribution in [0.1, 0.15) is 50.7 Å². The first kappa shape index (κ1) is 27.1. The smallest absolute Gasteiger partial charge is 0.343 e. The molecule has 3 heterocycles. The highest BCUT2D eigenvalue weighted by atomic mass is 32.2. The number of esters is 3. The quantitative estimate of drug-likeness (QED) is 0.230. The SMILES string of the molecule is CCOC(=O)c1cn(C2OC(COC(C)=O)CC2OC(C)=O)c2nc(SC)nc(NC(C)=O)c2c1=O. The fraction of sp³-hybridized carbons (Fsp3) is 0.500. The lowest BCUT2D eigenvalue weighted by Gasteiger charge is -2.24. The second-order valence-electron chi connectivity index (χ2n) is 7.77. The predicted octanol–water partition coefficient (Wildman–Crippen LogP) is 1.43. The van der Waals surface area contributed by atoms with Crippen LogP contribution in [0.2, 0.25) is 0 Å². The molecule has 13 nitrogen and oxygen atoms in total. The Balaban J connectivity index is 2.28. The van der Waals surface area contributed by atoms with Crippen molar-refractivity contribution in [2.24, 2.45) is 0 Å². The second kappa shape index (κ2) is 11.5. The number of pyridine rings is 1. The zero-order valence-electron chi connectivity index (χ0n) is 20.4. The van der Waals surface area contributed by atoms with Crippen LogP contribution < -0.4 is 10.7 Å². The van der Waals surface area contributed by atoms with Crippen LogP contribution in [0.15, 0.2) is 16.1 Å². The van der Waals surface area contributed by atoms with E-state index in [0.29, 0.717) is 0 Å². The first-order valence-electron chi connectivity index (χ1n) is 11.0. The number of anilines is 1. The molecular formula is C22H26N4O9S. The molecule has 3 unspecified atom stereocenters. The van der Waals surface area contributed by atoms with Crippen LogP contribution in [0.3, 0.4) is 0 Å². The van der Waals surface area contributed by atoms with Crippen molar-refractivity contribution in [2.45, 2.75) is 57.7 Å². The van der Waals surface area contributed by atoms with E-state index < -0.39 is 47.7 Å². The van der Waals surface area contributed by atoms with Gasteiger partial charge in [-0.1, -0.05) is 11.8 Å². The van der Waals surface area contributed by atoms with Gasteiger partial charge in [0.15, 0.2) is 22.8 Å². The summed E-state index contributed by atoms with van der Waals surface area (Å²) in [5.74, 6) is -2.59. The Morgan fingerprint density at radius 1 is 1.17 bits per heavy atom. The number of rotatable bonds is 8. The molecule has 2 aromatic heterocycles. The first-order valence-corrected chi connectivity index (χ1v) is 12.2. The van der Waals surface area contributed by atoms with E-state index in [2.05, 4.69) is 15.3 Å². The van der Waals surface area contributed by atoms with E-state index in [1.54, 1.807) is 13.2 Å². The molecule has 0 aliphatic carbocycles. The molecule has 0 spiro atoms. The molecule has 1 aliphatic heterocycles. The Bertz CT molecular complexity index is 1260. The molecule has 3 atom stereocenters. The Kier molecular flexibility index (Phi) is 8.63. The van der Waals surface area contributed by atoms with Gasteiger partial charge in [0, 0.05) is 33.4 Å². The summed E-state index contributed by atoms with van der Waals surface area (Å²) in [5, 5.41) is 2.58. The maximum absolute atomic E-state index is 13.4. The molecule has 1 aliphatic rings. The molecule has 194 valence electrons. The average Bonchev–Trinajstić information content (AvgIpc) is 3.18. The molecule has 14 heteroatoms. The van der Waals surface area contributed by atoms with Crippen molar-refractivity contribution in [2.75, 3.05) is 24.8 Å². The Labute approximate surface area is 209 Å². The zero-order chi connectivity index (χ0) is 26.6. The lowest BCUT2D eigenvalue weighted by atomic mass is 10.1. The summed E-state index contributed by atoms with van der Waals surface area (Å²) in [7, 11) is 0. The number of aromatic nitrogens is 3. The first-order chi connectivity index (χ1) is 17.0. The van der Waals surface area contributed by atoms with Gasteiger partial charge in [-0.15, -0.1) is 0 Å². The fourth-order valence-corrected chi connectivity index (χ4v) is 4.07. The number of nitrogens with one attached hydrogen (secondary N) is 1. The van der Waals surface area contributed by atoms with Gasteiger partial charge in [0.25, 0.3) is 0 Å². The third-order valence-corrected chi connectivity index (χ3v) is 5.58. The van der Waals surface area contributed by atoms with Gasteiger partial charge in [-0.25, -0.2) is 14.8 Å². The van der Waals surface area contributed by atoms with Crippen LogP contribution >= 0.6 is 11.8 Å². The zero-order valence-corrected chi connectivity index (χ0v) is 21.2. The van der Waals surface area contributed by atoms with Gasteiger partial charge >= 0.3 is 17.9 Å². The molecule has 0 radical (unpaired) electrons. The standard InChI is InChI=1S/C22H26N4O9S/c1-6-32-21(31)14-8-26(20-15(34-12(4)29)7-13(35-20)9-33-11(3)28)19-16(17(14)30)18(23-10(2)27)24-22(25-19)36-5/h8,13,15,20H,6-7,9H2,1-5H3,(H,23,24,25,27). The summed E-state index contributed by atoms with van der Waals surface area (Å²) in [6, 6.07) is 0. The van der Waals surface area contributed by atoms with E-state index in [0.717, 1.165) is 11.8 Å². The monoisotopic (exact) mass is 522 g/mol. The number of amides is 1. The Hall–Kier alpha value is -3.52. The van der Waals surface area contributed by atoms with E-state index in [1.165, 1.54) is 31.5 Å². The molecule has 3 rings (SSSR count). The second-order valence-corrected chi connectivity index (χ2v) is 8.55. The normalized spacial score (nSPS) is 19.1. The van der Waals surface area contributed by atoms with E-state index in [4.69, 9.17) is 18.9 Å². The van der Waals surface area contributed by atoms with Gasteiger partial charge in [-0.05, 0) is 13.2 Å². The Morgan fingerprint density at radius 2 is 1.89 bits per heavy atom. The van der Waals surface area contributed by atoms with Crippen LogP contribution in [-0.4, -0.2) is 70.0 Å². The number of carbonyl (C=O) groups is 4. The van der Waals surface area contributed by atoms with Gasteiger partial charge in [0.05, 0.1) is 12.7 Å². The van der Waals surface area contributed by atoms with Crippen LogP contribution in [0.4, 0.5) is 5.82 Å². The number of thioether (sulfide) groups is 1. The highest BCUT2D eigenvalue weighted by Gasteiger charge is 2.41. The van der Waals surface area contributed by atoms with Crippen LogP contribution in [0.25, 0.3) is 11.0 Å². The molecule has 1 amide bonds. The lowest BCUT2D eigenvalue weighted by molar-refractivity contribution is -0.152. The third kappa shape index (κ3) is 5.99. The van der Waals surface area contributed by atoms with Crippen molar-refractivity contribution in [3.63, 3.8) is 0 Å². The van der Waals surface area contributed by atoms with Crippen LogP contribution in [0, 0.1) is 0 Å². The minimum Gasteiger partial charge on any atom is -0.463 e. The largest absolute Gasteiger partial charge is 0.463 e. The third-order valence-electron chi connectivity index (χ3n) is 5.04. The fourth-order valence-electron chi connectivity index (χ4n) is 3.71. The molecule has 0 bridgehead atoms. The number of nitrogens with zero attached hydrogens (tertiary/aromatic N) is 3. The van der Waals surface area contributed by atoms with Gasteiger partial charge in [-0.3, -0.25) is 19.2 Å². The van der Waals surface area contributed by atoms with Crippen LogP contribution in [0.5, 0.6) is 0 Å². The minimum absolute atomic E-state index is 0.0111. The Morgan fingerprint density at radius 3 is 2.47 bits per heavy atom. The predicted molar refractivity (Wildman–Crippen MR) is 127 cm³/mol. The average molecular weight is 523 g/mol. The molecule has 1 N–H and O–H groups in total. The van der Waals surface area contributed by atoms with Crippen molar-refractivity contribution < 1.29 is 38.1 Å². The topological polar surface area (TPSA) is 165 Å². The number of fused-ring (bicyclic) bond motifs is 1. The van der Waals surface area contributed by atoms with Gasteiger partial charge < -0.3 is 28.8 Å². The summed E-state index contributed by atoms with van der Waals surface area (Å²) in [6.07, 6.45) is 0.504. The maximum Gasteiger partial charge on any atom is 0.343 e. The molecule has 36 heavy (non-hydrogen) atoms. The van der Waals surface area contributed by atoms with Crippen molar-refractivity contribution in [3.8, 4) is 0 Å². The molecule has 1 fully saturated rings.